The minimum absolute atomic E-state index is 0. The molecule has 0 saturated carbocycles. The van der Waals surface area contributed by atoms with E-state index in [1.54, 1.807) is 0 Å². The summed E-state index contributed by atoms with van der Waals surface area (Å²) in [7, 11) is -5.23. The van der Waals surface area contributed by atoms with Gasteiger partial charge in [-0.15, -0.1) is 0 Å². The van der Waals surface area contributed by atoms with Crippen molar-refractivity contribution in [3.05, 3.63) is 52.6 Å². The molecule has 0 aliphatic heterocycles. The van der Waals surface area contributed by atoms with Crippen molar-refractivity contribution in [1.82, 2.24) is 0 Å². The zero-order chi connectivity index (χ0) is 16.2. The van der Waals surface area contributed by atoms with Crippen LogP contribution < -0.4 is 98.9 Å². The van der Waals surface area contributed by atoms with Gasteiger partial charge in [0.2, 0.25) is 0 Å². The molecule has 3 rings (SSSR count). The Morgan fingerprint density at radius 3 is 1.68 bits per heavy atom. The van der Waals surface area contributed by atoms with Crippen LogP contribution in [0, 0.1) is 0 Å². The van der Waals surface area contributed by atoms with E-state index in [4.69, 9.17) is 0 Å². The molecule has 7 nitrogen and oxygen atoms in total. The van der Waals surface area contributed by atoms with Crippen LogP contribution in [0.1, 0.15) is 31.8 Å². The molecule has 0 bridgehead atoms. The van der Waals surface area contributed by atoms with E-state index in [1.165, 1.54) is 24.3 Å². The third-order valence-corrected chi connectivity index (χ3v) is 4.19. The summed E-state index contributed by atoms with van der Waals surface area (Å²) >= 11 is 0. The Hall–Kier alpha value is 0.290. The molecule has 11 heteroatoms. The van der Waals surface area contributed by atoms with E-state index >= 15 is 0 Å². The molecule has 0 atom stereocenters. The normalized spacial score (nSPS) is 12.0. The largest absolute Gasteiger partial charge is 1.00 e. The van der Waals surface area contributed by atoms with E-state index in [-0.39, 0.29) is 99.8 Å². The fraction of sp³-hybridized carbons (Fsp3) is 0. The van der Waals surface area contributed by atoms with Gasteiger partial charge >= 0.3 is 88.7 Å². The van der Waals surface area contributed by atoms with Gasteiger partial charge in [0.25, 0.3) is 0 Å². The van der Waals surface area contributed by atoms with Crippen LogP contribution in [0.2, 0.25) is 0 Å². The first-order valence-corrected chi connectivity index (χ1v) is 7.33. The minimum atomic E-state index is -5.23. The van der Waals surface area contributed by atoms with Crippen LogP contribution in [-0.4, -0.2) is 24.5 Å². The first kappa shape index (κ1) is 25.3. The van der Waals surface area contributed by atoms with Gasteiger partial charge in [-0.2, -0.15) is 0 Å². The van der Waals surface area contributed by atoms with Gasteiger partial charge < -0.3 is 14.8 Å². The van der Waals surface area contributed by atoms with Crippen molar-refractivity contribution in [3.63, 3.8) is 0 Å². The molecule has 0 aromatic heterocycles. The van der Waals surface area contributed by atoms with Crippen molar-refractivity contribution in [1.29, 1.82) is 0 Å². The van der Waals surface area contributed by atoms with E-state index in [0.29, 0.717) is 6.07 Å². The summed E-state index contributed by atoms with van der Waals surface area (Å²) in [5, 5.41) is 24.0. The van der Waals surface area contributed by atoms with Crippen molar-refractivity contribution < 1.29 is 121 Å². The Morgan fingerprint density at radius 2 is 1.24 bits per heavy atom. The molecule has 0 fully saturated rings. The third-order valence-electron chi connectivity index (χ3n) is 3.35. The summed E-state index contributed by atoms with van der Waals surface area (Å²) < 4.78 is 33.1. The molecule has 0 N–H and O–H groups in total. The van der Waals surface area contributed by atoms with Gasteiger partial charge in [-0.3, -0.25) is 9.59 Å². The maximum atomic E-state index is 12.3. The molecule has 1 aliphatic rings. The standard InChI is InChI=1S/C14H8O7S.3Na/c15-8-5-9(22(19,20)21)14(18)11-10(8)12(16)6-3-1-2-4-7(6)13(11)17;;;/h1-5,15,18H,(H,19,20,21);;;/q;3*+1/p-3. The fourth-order valence-corrected chi connectivity index (χ4v) is 2.97. The van der Waals surface area contributed by atoms with Crippen molar-refractivity contribution in [2.45, 2.75) is 4.90 Å². The van der Waals surface area contributed by atoms with E-state index in [0.717, 1.165) is 0 Å². The number of rotatable bonds is 1. The summed E-state index contributed by atoms with van der Waals surface area (Å²) in [6, 6.07) is 5.82. The van der Waals surface area contributed by atoms with Crippen LogP contribution in [0.4, 0.5) is 0 Å². The average molecular weight is 386 g/mol. The predicted molar refractivity (Wildman–Crippen MR) is 66.6 cm³/mol. The number of hydrogen-bond acceptors (Lipinski definition) is 7. The number of carbonyl (C=O) groups excluding carboxylic acids is 2. The Balaban J connectivity index is 0.00000192. The number of carbonyl (C=O) groups is 2. The Labute approximate surface area is 209 Å². The molecular formula is C14H5Na3O7S. The van der Waals surface area contributed by atoms with E-state index in [1.807, 2.05) is 0 Å². The third kappa shape index (κ3) is 4.25. The minimum Gasteiger partial charge on any atom is -0.872 e. The number of hydrogen-bond donors (Lipinski definition) is 0. The number of ketones is 2. The summed E-state index contributed by atoms with van der Waals surface area (Å²) in [4.78, 5) is 23.3. The van der Waals surface area contributed by atoms with Crippen molar-refractivity contribution in [2.24, 2.45) is 0 Å². The summed E-state index contributed by atoms with van der Waals surface area (Å²) in [6.07, 6.45) is 0. The molecule has 0 saturated heterocycles. The smallest absolute Gasteiger partial charge is 0.872 e. The van der Waals surface area contributed by atoms with Crippen LogP contribution in [0.25, 0.3) is 0 Å². The van der Waals surface area contributed by atoms with Gasteiger partial charge in [-0.1, -0.05) is 41.8 Å². The number of fused-ring (bicyclic) bond motifs is 2. The zero-order valence-corrected chi connectivity index (χ0v) is 20.5. The molecular weight excluding hydrogens is 381 g/mol. The second kappa shape index (κ2) is 8.99. The van der Waals surface area contributed by atoms with Gasteiger partial charge in [0.05, 0.1) is 0 Å². The average Bonchev–Trinajstić information content (AvgIpc) is 2.45. The first-order chi connectivity index (χ1) is 10.2. The van der Waals surface area contributed by atoms with Crippen LogP contribution in [0.5, 0.6) is 11.5 Å². The molecule has 112 valence electrons. The first-order valence-electron chi connectivity index (χ1n) is 5.93. The summed E-state index contributed by atoms with van der Waals surface area (Å²) in [5.41, 5.74) is -1.71. The van der Waals surface area contributed by atoms with Crippen LogP contribution in [-0.2, 0) is 10.1 Å². The molecule has 0 spiro atoms. The monoisotopic (exact) mass is 386 g/mol. The molecule has 0 radical (unpaired) electrons. The summed E-state index contributed by atoms with van der Waals surface area (Å²) in [5.74, 6) is -4.35. The van der Waals surface area contributed by atoms with Gasteiger partial charge in [0.15, 0.2) is 11.6 Å². The Bertz CT molecular complexity index is 971. The van der Waals surface area contributed by atoms with Crippen molar-refractivity contribution in [2.75, 3.05) is 0 Å². The van der Waals surface area contributed by atoms with Gasteiger partial charge in [-0.05, 0) is 0 Å². The SMILES string of the molecule is O=C1c2ccccc2C(=O)c2c([O-])c(S(=O)(=O)[O-])cc([O-])c21.[Na+].[Na+].[Na+]. The Kier molecular flexibility index (Phi) is 9.09. The van der Waals surface area contributed by atoms with E-state index in [9.17, 15) is 32.8 Å². The quantitative estimate of drug-likeness (QED) is 0.299. The molecule has 0 unspecified atom stereocenters. The van der Waals surface area contributed by atoms with Crippen LogP contribution >= 0.6 is 0 Å². The second-order valence-electron chi connectivity index (χ2n) is 4.61. The zero-order valence-electron chi connectivity index (χ0n) is 13.7. The van der Waals surface area contributed by atoms with Crippen molar-refractivity contribution >= 4 is 21.7 Å². The fourth-order valence-electron chi connectivity index (χ4n) is 2.39. The molecule has 25 heavy (non-hydrogen) atoms. The Morgan fingerprint density at radius 1 is 0.800 bits per heavy atom. The van der Waals surface area contributed by atoms with Crippen LogP contribution in [0.3, 0.4) is 0 Å². The molecule has 0 amide bonds. The van der Waals surface area contributed by atoms with Gasteiger partial charge in [0.1, 0.15) is 10.1 Å². The van der Waals surface area contributed by atoms with Gasteiger partial charge in [0, 0.05) is 27.1 Å². The molecule has 1 aliphatic carbocycles. The van der Waals surface area contributed by atoms with E-state index < -0.39 is 49.2 Å². The topological polar surface area (TPSA) is 137 Å². The number of benzene rings is 2. The molecule has 0 heterocycles. The van der Waals surface area contributed by atoms with Gasteiger partial charge in [-0.25, -0.2) is 8.42 Å². The summed E-state index contributed by atoms with van der Waals surface area (Å²) in [6.45, 7) is 0. The van der Waals surface area contributed by atoms with Crippen molar-refractivity contribution in [3.8, 4) is 11.5 Å². The molecule has 2 aromatic carbocycles. The predicted octanol–water partition coefficient (Wildman–Crippen LogP) is -9.47. The molecule has 2 aromatic rings. The maximum Gasteiger partial charge on any atom is 1.00 e. The van der Waals surface area contributed by atoms with Crippen LogP contribution in [0.15, 0.2) is 35.2 Å². The maximum absolute atomic E-state index is 12.3. The van der Waals surface area contributed by atoms with E-state index in [2.05, 4.69) is 0 Å². The second-order valence-corrected chi connectivity index (χ2v) is 5.96.